The van der Waals surface area contributed by atoms with Crippen molar-refractivity contribution in [3.63, 3.8) is 0 Å². The van der Waals surface area contributed by atoms with E-state index in [0.29, 0.717) is 24.0 Å². The number of aromatic nitrogens is 2. The van der Waals surface area contributed by atoms with E-state index in [1.807, 2.05) is 29.6 Å². The van der Waals surface area contributed by atoms with Gasteiger partial charge in [0.25, 0.3) is 0 Å². The summed E-state index contributed by atoms with van der Waals surface area (Å²) in [7, 11) is 1.95. The van der Waals surface area contributed by atoms with Gasteiger partial charge < -0.3 is 20.1 Å². The van der Waals surface area contributed by atoms with Crippen molar-refractivity contribution in [3.8, 4) is 0 Å². The van der Waals surface area contributed by atoms with Gasteiger partial charge in [0, 0.05) is 44.3 Å². The third-order valence-corrected chi connectivity index (χ3v) is 5.49. The highest BCUT2D eigenvalue weighted by molar-refractivity contribution is 5.89. The lowest BCUT2D eigenvalue weighted by atomic mass is 9.94. The number of carbonyl (C=O) groups is 1. The molecule has 1 aromatic carbocycles. The number of imidazole rings is 1. The number of urea groups is 1. The van der Waals surface area contributed by atoms with E-state index in [4.69, 9.17) is 0 Å². The number of benzene rings is 1. The van der Waals surface area contributed by atoms with Gasteiger partial charge in [-0.25, -0.2) is 14.2 Å². The minimum absolute atomic E-state index is 0.304. The van der Waals surface area contributed by atoms with Crippen molar-refractivity contribution in [2.75, 3.05) is 23.8 Å². The van der Waals surface area contributed by atoms with Crippen LogP contribution >= 0.6 is 0 Å². The fourth-order valence-electron chi connectivity index (χ4n) is 3.80. The first-order chi connectivity index (χ1) is 13.5. The summed E-state index contributed by atoms with van der Waals surface area (Å²) in [6.45, 7) is 3.28. The molecule has 0 radical (unpaired) electrons. The van der Waals surface area contributed by atoms with Crippen molar-refractivity contribution < 1.29 is 9.18 Å². The Morgan fingerprint density at radius 1 is 1.32 bits per heavy atom. The van der Waals surface area contributed by atoms with Gasteiger partial charge in [-0.15, -0.1) is 0 Å². The minimum Gasteiger partial charge on any atom is -0.369 e. The highest BCUT2D eigenvalue weighted by Crippen LogP contribution is 2.29. The summed E-state index contributed by atoms with van der Waals surface area (Å²) in [5.41, 5.74) is 1.05. The Hall–Kier alpha value is -2.57. The molecule has 0 saturated heterocycles. The number of nitrogens with zero attached hydrogens (tertiary/aromatic N) is 3. The monoisotopic (exact) mass is 387 g/mol. The zero-order chi connectivity index (χ0) is 19.9. The standard InChI is InChI=1S/C21H30FN5O/c1-16-23-12-14-27(16)13-6-11-24-21(28)25-17-9-10-20(19(22)15-17)26(2)18-7-4-3-5-8-18/h9-10,12,14-15,18H,3-8,11,13H2,1-2H3,(H2,24,25,28). The first kappa shape index (κ1) is 20.2. The Kier molecular flexibility index (Phi) is 6.90. The third kappa shape index (κ3) is 5.24. The summed E-state index contributed by atoms with van der Waals surface area (Å²) in [4.78, 5) is 18.3. The predicted molar refractivity (Wildman–Crippen MR) is 110 cm³/mol. The summed E-state index contributed by atoms with van der Waals surface area (Å²) < 4.78 is 16.6. The van der Waals surface area contributed by atoms with Crippen LogP contribution in [0.5, 0.6) is 0 Å². The SMILES string of the molecule is Cc1nccn1CCCNC(=O)Nc1ccc(N(C)C2CCCCC2)c(F)c1. The number of nitrogens with one attached hydrogen (secondary N) is 2. The molecule has 28 heavy (non-hydrogen) atoms. The van der Waals surface area contributed by atoms with Crippen LogP contribution in [0.2, 0.25) is 0 Å². The predicted octanol–water partition coefficient (Wildman–Crippen LogP) is 4.31. The van der Waals surface area contributed by atoms with Crippen LogP contribution in [0, 0.1) is 12.7 Å². The Morgan fingerprint density at radius 3 is 2.79 bits per heavy atom. The van der Waals surface area contributed by atoms with Crippen LogP contribution in [-0.4, -0.2) is 35.2 Å². The topological polar surface area (TPSA) is 62.2 Å². The molecule has 1 aliphatic rings. The van der Waals surface area contributed by atoms with E-state index in [9.17, 15) is 9.18 Å². The van der Waals surface area contributed by atoms with Crippen LogP contribution < -0.4 is 15.5 Å². The second-order valence-corrected chi connectivity index (χ2v) is 7.47. The third-order valence-electron chi connectivity index (χ3n) is 5.49. The van der Waals surface area contributed by atoms with E-state index >= 15 is 0 Å². The van der Waals surface area contributed by atoms with Crippen LogP contribution in [0.15, 0.2) is 30.6 Å². The molecule has 0 spiro atoms. The molecule has 3 rings (SSSR count). The van der Waals surface area contributed by atoms with E-state index < -0.39 is 0 Å². The molecule has 2 aromatic rings. The highest BCUT2D eigenvalue weighted by Gasteiger charge is 2.20. The van der Waals surface area contributed by atoms with E-state index in [0.717, 1.165) is 31.6 Å². The maximum atomic E-state index is 14.6. The average molecular weight is 388 g/mol. The molecule has 6 nitrogen and oxygen atoms in total. The van der Waals surface area contributed by atoms with Gasteiger partial charge in [-0.05, 0) is 44.4 Å². The smallest absolute Gasteiger partial charge is 0.319 e. The number of halogens is 1. The van der Waals surface area contributed by atoms with E-state index in [1.165, 1.54) is 25.3 Å². The van der Waals surface area contributed by atoms with Crippen molar-refractivity contribution >= 4 is 17.4 Å². The Balaban J connectivity index is 1.46. The summed E-state index contributed by atoms with van der Waals surface area (Å²) in [6, 6.07) is 4.97. The van der Waals surface area contributed by atoms with Crippen molar-refractivity contribution in [2.24, 2.45) is 0 Å². The number of hydrogen-bond acceptors (Lipinski definition) is 3. The van der Waals surface area contributed by atoms with Crippen LogP contribution in [0.3, 0.4) is 0 Å². The average Bonchev–Trinajstić information content (AvgIpc) is 3.10. The van der Waals surface area contributed by atoms with Crippen LogP contribution in [0.25, 0.3) is 0 Å². The van der Waals surface area contributed by atoms with Gasteiger partial charge in [0.1, 0.15) is 11.6 Å². The number of aryl methyl sites for hydroxylation is 2. The van der Waals surface area contributed by atoms with Gasteiger partial charge in [0.15, 0.2) is 0 Å². The summed E-state index contributed by atoms with van der Waals surface area (Å²) >= 11 is 0. The Morgan fingerprint density at radius 2 is 2.11 bits per heavy atom. The molecule has 0 unspecified atom stereocenters. The second-order valence-electron chi connectivity index (χ2n) is 7.47. The van der Waals surface area contributed by atoms with Crippen LogP contribution in [0.4, 0.5) is 20.6 Å². The van der Waals surface area contributed by atoms with Gasteiger partial charge in [-0.3, -0.25) is 0 Å². The Bertz CT molecular complexity index is 785. The van der Waals surface area contributed by atoms with E-state index in [2.05, 4.69) is 15.6 Å². The first-order valence-electron chi connectivity index (χ1n) is 10.1. The zero-order valence-electron chi connectivity index (χ0n) is 16.7. The van der Waals surface area contributed by atoms with E-state index in [-0.39, 0.29) is 11.8 Å². The molecule has 7 heteroatoms. The highest BCUT2D eigenvalue weighted by atomic mass is 19.1. The zero-order valence-corrected chi connectivity index (χ0v) is 16.7. The van der Waals surface area contributed by atoms with Gasteiger partial charge in [-0.1, -0.05) is 19.3 Å². The number of hydrogen-bond donors (Lipinski definition) is 2. The molecule has 1 heterocycles. The lowest BCUT2D eigenvalue weighted by molar-refractivity contribution is 0.252. The molecule has 0 atom stereocenters. The van der Waals surface area contributed by atoms with Crippen LogP contribution in [-0.2, 0) is 6.54 Å². The summed E-state index contributed by atoms with van der Waals surface area (Å²) in [6.07, 6.45) is 10.4. The molecule has 0 aliphatic heterocycles. The van der Waals surface area contributed by atoms with Gasteiger partial charge >= 0.3 is 6.03 Å². The molecule has 2 N–H and O–H groups in total. The maximum absolute atomic E-state index is 14.6. The maximum Gasteiger partial charge on any atom is 0.319 e. The lowest BCUT2D eigenvalue weighted by Crippen LogP contribution is -2.34. The first-order valence-corrected chi connectivity index (χ1v) is 10.1. The quantitative estimate of drug-likeness (QED) is 0.696. The van der Waals surface area contributed by atoms with Gasteiger partial charge in [0.2, 0.25) is 0 Å². The van der Waals surface area contributed by atoms with Crippen molar-refractivity contribution in [1.29, 1.82) is 0 Å². The number of carbonyl (C=O) groups excluding carboxylic acids is 1. The lowest BCUT2D eigenvalue weighted by Gasteiger charge is -2.33. The molecule has 1 fully saturated rings. The van der Waals surface area contributed by atoms with E-state index in [1.54, 1.807) is 18.3 Å². The molecule has 1 saturated carbocycles. The second kappa shape index (κ2) is 9.57. The number of amides is 2. The summed E-state index contributed by atoms with van der Waals surface area (Å²) in [5, 5.41) is 5.51. The van der Waals surface area contributed by atoms with Crippen molar-refractivity contribution in [3.05, 3.63) is 42.2 Å². The fraction of sp³-hybridized carbons (Fsp3) is 0.524. The van der Waals surface area contributed by atoms with Crippen molar-refractivity contribution in [2.45, 2.75) is 58.0 Å². The largest absolute Gasteiger partial charge is 0.369 e. The fourth-order valence-corrected chi connectivity index (χ4v) is 3.80. The molecule has 152 valence electrons. The summed E-state index contributed by atoms with van der Waals surface area (Å²) in [5.74, 6) is 0.652. The van der Waals surface area contributed by atoms with Crippen molar-refractivity contribution in [1.82, 2.24) is 14.9 Å². The molecular formula is C21H30FN5O. The number of anilines is 2. The normalized spacial score (nSPS) is 14.7. The number of rotatable bonds is 7. The molecule has 2 amide bonds. The molecular weight excluding hydrogens is 357 g/mol. The molecule has 1 aliphatic carbocycles. The van der Waals surface area contributed by atoms with Gasteiger partial charge in [-0.2, -0.15) is 0 Å². The Labute approximate surface area is 166 Å². The molecule has 1 aromatic heterocycles. The van der Waals surface area contributed by atoms with Crippen LogP contribution in [0.1, 0.15) is 44.3 Å². The van der Waals surface area contributed by atoms with Gasteiger partial charge in [0.05, 0.1) is 5.69 Å². The minimum atomic E-state index is -0.324. The molecule has 0 bridgehead atoms.